The van der Waals surface area contributed by atoms with Crippen molar-refractivity contribution in [1.82, 2.24) is 0 Å². The molecule has 0 fully saturated rings. The monoisotopic (exact) mass is 66.0 g/mol. The van der Waals surface area contributed by atoms with E-state index < -0.39 is 0 Å². The zero-order chi connectivity index (χ0) is 3.54. The third-order valence-corrected chi connectivity index (χ3v) is 0.480. The standard InChI is InChI=1S/C4H4N/c1-2-4-5-3-1/h1,3H,2H2/q+1. The van der Waals surface area contributed by atoms with Crippen LogP contribution in [0.25, 0.3) is 0 Å². The van der Waals surface area contributed by atoms with Crippen LogP contribution in [0.4, 0.5) is 0 Å². The lowest BCUT2D eigenvalue weighted by molar-refractivity contribution is 1.60. The van der Waals surface area contributed by atoms with Gasteiger partial charge in [-0.3, -0.25) is 0 Å². The molecule has 0 aromatic heterocycles. The second-order valence-electron chi connectivity index (χ2n) is 0.876. The summed E-state index contributed by atoms with van der Waals surface area (Å²) in [6, 6.07) is 0. The van der Waals surface area contributed by atoms with Gasteiger partial charge in [-0.05, 0) is 4.99 Å². The molecule has 24 valence electrons. The third-order valence-electron chi connectivity index (χ3n) is 0.480. The summed E-state index contributed by atoms with van der Waals surface area (Å²) in [4.78, 5) is 3.65. The Bertz CT molecular complexity index is 61.7. The SMILES string of the molecule is [C+]1=NC=CC1. The number of hydrogen-bond donors (Lipinski definition) is 0. The van der Waals surface area contributed by atoms with Crippen molar-refractivity contribution in [3.8, 4) is 0 Å². The smallest absolute Gasteiger partial charge is 0.0174 e. The van der Waals surface area contributed by atoms with Crippen LogP contribution >= 0.6 is 0 Å². The van der Waals surface area contributed by atoms with Gasteiger partial charge < -0.3 is 0 Å². The van der Waals surface area contributed by atoms with Crippen LogP contribution in [0.3, 0.4) is 0 Å². The number of hydrogen-bond acceptors (Lipinski definition) is 1. The Kier molecular flexibility index (Phi) is 0.489. The molecule has 0 atom stereocenters. The number of allylic oxidation sites excluding steroid dienone is 1. The lowest BCUT2D eigenvalue weighted by Crippen LogP contribution is -1.51. The van der Waals surface area contributed by atoms with Crippen molar-refractivity contribution in [3.63, 3.8) is 0 Å². The average molecular weight is 66.1 g/mol. The molecule has 0 amide bonds. The Balaban J connectivity index is 2.61. The van der Waals surface area contributed by atoms with Crippen molar-refractivity contribution >= 4 is 6.21 Å². The summed E-state index contributed by atoms with van der Waals surface area (Å²) in [6.07, 6.45) is 7.35. The summed E-state index contributed by atoms with van der Waals surface area (Å²) in [7, 11) is 0. The first kappa shape index (κ1) is 2.55. The third kappa shape index (κ3) is 0.310. The van der Waals surface area contributed by atoms with Gasteiger partial charge in [-0.2, -0.15) is 0 Å². The molecule has 1 rings (SSSR count). The van der Waals surface area contributed by atoms with E-state index in [-0.39, 0.29) is 0 Å². The van der Waals surface area contributed by atoms with Gasteiger partial charge in [-0.15, -0.1) is 0 Å². The Labute approximate surface area is 31.0 Å². The summed E-state index contributed by atoms with van der Waals surface area (Å²) in [6.45, 7) is 0. The summed E-state index contributed by atoms with van der Waals surface area (Å²) < 4.78 is 0. The fourth-order valence-corrected chi connectivity index (χ4v) is 0.264. The van der Waals surface area contributed by atoms with Gasteiger partial charge in [-0.25, -0.2) is 0 Å². The number of nitrogens with zero attached hydrogens (tertiary/aromatic N) is 1. The highest BCUT2D eigenvalue weighted by molar-refractivity contribution is 5.62. The fraction of sp³-hybridized carbons (Fsp3) is 0.250. The van der Waals surface area contributed by atoms with Crippen LogP contribution in [0.1, 0.15) is 6.42 Å². The van der Waals surface area contributed by atoms with Crippen molar-refractivity contribution in [3.05, 3.63) is 12.3 Å². The molecule has 0 radical (unpaired) electrons. The maximum atomic E-state index is 3.65. The molecule has 0 saturated heterocycles. The van der Waals surface area contributed by atoms with Crippen LogP contribution in [0.2, 0.25) is 0 Å². The highest BCUT2D eigenvalue weighted by atomic mass is 14.7. The molecule has 1 aliphatic rings. The minimum Gasteiger partial charge on any atom is -0.0174 e. The van der Waals surface area contributed by atoms with Gasteiger partial charge in [0.1, 0.15) is 6.42 Å². The van der Waals surface area contributed by atoms with Crippen LogP contribution in [-0.4, -0.2) is 6.21 Å². The molecule has 0 bridgehead atoms. The molecule has 0 spiro atoms. The molecule has 0 saturated carbocycles. The number of aliphatic imine (C=N–C) groups is 1. The number of rotatable bonds is 0. The van der Waals surface area contributed by atoms with E-state index in [1.807, 2.05) is 6.08 Å². The predicted molar refractivity (Wildman–Crippen MR) is 21.2 cm³/mol. The van der Waals surface area contributed by atoms with E-state index in [0.29, 0.717) is 0 Å². The fourth-order valence-electron chi connectivity index (χ4n) is 0.264. The van der Waals surface area contributed by atoms with E-state index in [1.54, 1.807) is 6.20 Å². The largest absolute Gasteiger partial charge is 0.192 e. The average Bonchev–Trinajstić information content (AvgIpc) is 1.76. The Morgan fingerprint density at radius 1 is 1.80 bits per heavy atom. The molecule has 5 heavy (non-hydrogen) atoms. The van der Waals surface area contributed by atoms with Crippen LogP contribution in [0.5, 0.6) is 0 Å². The van der Waals surface area contributed by atoms with Crippen molar-refractivity contribution in [1.29, 1.82) is 0 Å². The second kappa shape index (κ2) is 0.958. The minimum atomic E-state index is 0.903. The molecular formula is C4H4N+. The first-order chi connectivity index (χ1) is 2.50. The van der Waals surface area contributed by atoms with Crippen molar-refractivity contribution in [2.24, 2.45) is 4.99 Å². The Hall–Kier alpha value is -0.680. The molecule has 0 aromatic rings. The molecule has 1 heterocycles. The van der Waals surface area contributed by atoms with Gasteiger partial charge in [-0.1, -0.05) is 0 Å². The normalized spacial score (nSPS) is 16.0. The quantitative estimate of drug-likeness (QED) is 0.372. The van der Waals surface area contributed by atoms with Gasteiger partial charge in [0, 0.05) is 0 Å². The Morgan fingerprint density at radius 2 is 2.80 bits per heavy atom. The maximum Gasteiger partial charge on any atom is 0.192 e. The Morgan fingerprint density at radius 3 is 3.00 bits per heavy atom. The topological polar surface area (TPSA) is 12.4 Å². The lowest BCUT2D eigenvalue weighted by Gasteiger charge is -1.39. The molecule has 0 aliphatic carbocycles. The highest BCUT2D eigenvalue weighted by Crippen LogP contribution is 1.86. The second-order valence-corrected chi connectivity index (χ2v) is 0.876. The maximum absolute atomic E-state index is 3.65. The van der Waals surface area contributed by atoms with Gasteiger partial charge in [0.2, 0.25) is 0 Å². The highest BCUT2D eigenvalue weighted by Gasteiger charge is 1.89. The summed E-state index contributed by atoms with van der Waals surface area (Å²) in [5.41, 5.74) is 0. The predicted octanol–water partition coefficient (Wildman–Crippen LogP) is 0.852. The summed E-state index contributed by atoms with van der Waals surface area (Å²) in [5.74, 6) is 0. The summed E-state index contributed by atoms with van der Waals surface area (Å²) >= 11 is 0. The van der Waals surface area contributed by atoms with Crippen LogP contribution < -0.4 is 0 Å². The van der Waals surface area contributed by atoms with Gasteiger partial charge in [0.15, 0.2) is 12.4 Å². The zero-order valence-corrected chi connectivity index (χ0v) is 2.81. The first-order valence-corrected chi connectivity index (χ1v) is 1.58. The molecule has 1 nitrogen and oxygen atoms in total. The van der Waals surface area contributed by atoms with Crippen LogP contribution in [0.15, 0.2) is 17.3 Å². The minimum absolute atomic E-state index is 0.903. The summed E-state index contributed by atoms with van der Waals surface area (Å²) in [5, 5.41) is 0. The molecule has 1 heteroatoms. The van der Waals surface area contributed by atoms with E-state index in [4.69, 9.17) is 0 Å². The molecular weight excluding hydrogens is 62.1 g/mol. The van der Waals surface area contributed by atoms with Crippen molar-refractivity contribution in [2.45, 2.75) is 6.42 Å². The van der Waals surface area contributed by atoms with Crippen molar-refractivity contribution < 1.29 is 0 Å². The molecule has 0 aromatic carbocycles. The van der Waals surface area contributed by atoms with Crippen LogP contribution in [-0.2, 0) is 0 Å². The van der Waals surface area contributed by atoms with Gasteiger partial charge in [0.25, 0.3) is 0 Å². The van der Waals surface area contributed by atoms with Crippen LogP contribution in [0, 0.1) is 0 Å². The first-order valence-electron chi connectivity index (χ1n) is 1.58. The van der Waals surface area contributed by atoms with Gasteiger partial charge in [0.05, 0.1) is 6.08 Å². The zero-order valence-electron chi connectivity index (χ0n) is 2.81. The molecule has 0 N–H and O–H groups in total. The van der Waals surface area contributed by atoms with E-state index in [9.17, 15) is 0 Å². The lowest BCUT2D eigenvalue weighted by atomic mass is 10.5. The van der Waals surface area contributed by atoms with E-state index in [2.05, 4.69) is 11.2 Å². The van der Waals surface area contributed by atoms with E-state index in [1.165, 1.54) is 0 Å². The van der Waals surface area contributed by atoms with E-state index in [0.717, 1.165) is 6.42 Å². The molecule has 0 unspecified atom stereocenters. The van der Waals surface area contributed by atoms with Gasteiger partial charge >= 0.3 is 0 Å². The van der Waals surface area contributed by atoms with E-state index >= 15 is 0 Å². The molecule has 1 aliphatic heterocycles. The van der Waals surface area contributed by atoms with Crippen molar-refractivity contribution in [2.75, 3.05) is 0 Å².